The van der Waals surface area contributed by atoms with Crippen LogP contribution in [0.2, 0.25) is 0 Å². The van der Waals surface area contributed by atoms with Crippen molar-refractivity contribution < 1.29 is 18.6 Å². The van der Waals surface area contributed by atoms with Crippen LogP contribution in [0.1, 0.15) is 13.3 Å². The fourth-order valence-electron chi connectivity index (χ4n) is 1.32. The second-order valence-corrected chi connectivity index (χ2v) is 3.69. The molecule has 9 heteroatoms. The number of hydrogen-bond donors (Lipinski definition) is 2. The monoisotopic (exact) mass is 277 g/mol. The summed E-state index contributed by atoms with van der Waals surface area (Å²) in [6.07, 6.45) is -1.83. The number of nitrogens with two attached hydrogens (primary N) is 1. The van der Waals surface area contributed by atoms with Crippen molar-refractivity contribution in [3.05, 3.63) is 0 Å². The molecule has 0 spiro atoms. The summed E-state index contributed by atoms with van der Waals surface area (Å²) in [4.78, 5) is 12.5. The van der Waals surface area contributed by atoms with Gasteiger partial charge in [-0.25, -0.2) is 8.78 Å². The van der Waals surface area contributed by atoms with Gasteiger partial charge in [0.05, 0.1) is 19.8 Å². The minimum atomic E-state index is -2.58. The van der Waals surface area contributed by atoms with E-state index in [-0.39, 0.29) is 31.1 Å². The Morgan fingerprint density at radius 1 is 1.37 bits per heavy atom. The van der Waals surface area contributed by atoms with E-state index in [0.29, 0.717) is 6.61 Å². The van der Waals surface area contributed by atoms with E-state index in [1.54, 1.807) is 0 Å². The number of aromatic nitrogens is 3. The summed E-state index contributed by atoms with van der Waals surface area (Å²) < 4.78 is 30.1. The number of anilines is 2. The van der Waals surface area contributed by atoms with Crippen LogP contribution in [0, 0.1) is 0 Å². The number of rotatable bonds is 8. The van der Waals surface area contributed by atoms with Gasteiger partial charge in [-0.15, -0.1) is 0 Å². The van der Waals surface area contributed by atoms with Crippen LogP contribution >= 0.6 is 0 Å². The third-order valence-electron chi connectivity index (χ3n) is 2.07. The smallest absolute Gasteiger partial charge is 0.323 e. The molecule has 0 aliphatic carbocycles. The van der Waals surface area contributed by atoms with Crippen molar-refractivity contribution in [2.24, 2.45) is 0 Å². The summed E-state index contributed by atoms with van der Waals surface area (Å²) in [6, 6.07) is -0.0124. The molecule has 0 fully saturated rings. The highest BCUT2D eigenvalue weighted by Crippen LogP contribution is 2.14. The summed E-state index contributed by atoms with van der Waals surface area (Å²) in [7, 11) is 0. The maximum atomic E-state index is 12.4. The number of aliphatic hydroxyl groups is 1. The van der Waals surface area contributed by atoms with Gasteiger partial charge in [-0.1, -0.05) is 6.92 Å². The van der Waals surface area contributed by atoms with Crippen molar-refractivity contribution in [3.63, 3.8) is 0 Å². The Bertz CT molecular complexity index is 394. The van der Waals surface area contributed by atoms with Gasteiger partial charge < -0.3 is 20.5 Å². The molecule has 1 heterocycles. The van der Waals surface area contributed by atoms with Crippen molar-refractivity contribution in [1.29, 1.82) is 0 Å². The first kappa shape index (κ1) is 15.3. The van der Waals surface area contributed by atoms with Crippen LogP contribution in [-0.2, 0) is 0 Å². The number of hydrogen-bond acceptors (Lipinski definition) is 7. The van der Waals surface area contributed by atoms with Crippen molar-refractivity contribution >= 4 is 11.9 Å². The lowest BCUT2D eigenvalue weighted by molar-refractivity contribution is 0.152. The first-order valence-electron chi connectivity index (χ1n) is 5.85. The van der Waals surface area contributed by atoms with E-state index in [9.17, 15) is 8.78 Å². The molecule has 0 atom stereocenters. The summed E-state index contributed by atoms with van der Waals surface area (Å²) in [6.45, 7) is 1.36. The van der Waals surface area contributed by atoms with Crippen molar-refractivity contribution in [1.82, 2.24) is 15.0 Å². The van der Waals surface area contributed by atoms with E-state index in [0.717, 1.165) is 11.3 Å². The number of aliphatic hydroxyl groups excluding tert-OH is 1. The van der Waals surface area contributed by atoms with Crippen LogP contribution in [0.3, 0.4) is 0 Å². The molecular formula is C10H17F2N5O2. The summed E-state index contributed by atoms with van der Waals surface area (Å²) in [5.74, 6) is -0.152. The van der Waals surface area contributed by atoms with Crippen LogP contribution in [0.15, 0.2) is 0 Å². The van der Waals surface area contributed by atoms with Crippen molar-refractivity contribution in [2.45, 2.75) is 19.8 Å². The maximum absolute atomic E-state index is 12.4. The van der Waals surface area contributed by atoms with Crippen LogP contribution in [0.4, 0.5) is 20.7 Å². The van der Waals surface area contributed by atoms with Crippen molar-refractivity contribution in [2.75, 3.05) is 36.9 Å². The molecule has 0 unspecified atom stereocenters. The largest absolute Gasteiger partial charge is 0.463 e. The molecule has 108 valence electrons. The third kappa shape index (κ3) is 5.16. The molecule has 1 aromatic heterocycles. The van der Waals surface area contributed by atoms with E-state index in [1.165, 1.54) is 0 Å². The van der Waals surface area contributed by atoms with Crippen LogP contribution in [-0.4, -0.2) is 52.8 Å². The number of nitrogen functional groups attached to an aromatic ring is 1. The quantitative estimate of drug-likeness (QED) is 0.705. The van der Waals surface area contributed by atoms with Crippen LogP contribution in [0.5, 0.6) is 6.01 Å². The lowest BCUT2D eigenvalue weighted by atomic mass is 10.5. The number of alkyl halides is 2. The average Bonchev–Trinajstić information content (AvgIpc) is 2.34. The molecule has 1 rings (SSSR count). The van der Waals surface area contributed by atoms with Gasteiger partial charge in [0.2, 0.25) is 11.9 Å². The maximum Gasteiger partial charge on any atom is 0.323 e. The topological polar surface area (TPSA) is 97.4 Å². The average molecular weight is 277 g/mol. The molecule has 0 amide bonds. The fourth-order valence-corrected chi connectivity index (χ4v) is 1.32. The molecular weight excluding hydrogens is 260 g/mol. The molecule has 7 nitrogen and oxygen atoms in total. The van der Waals surface area contributed by atoms with Gasteiger partial charge in [-0.05, 0) is 6.42 Å². The van der Waals surface area contributed by atoms with Gasteiger partial charge in [-0.3, -0.25) is 0 Å². The summed E-state index contributed by atoms with van der Waals surface area (Å²) in [5, 5.41) is 8.87. The molecule has 0 bridgehead atoms. The Morgan fingerprint density at radius 3 is 2.68 bits per heavy atom. The zero-order valence-electron chi connectivity index (χ0n) is 10.6. The fraction of sp³-hybridized carbons (Fsp3) is 0.700. The van der Waals surface area contributed by atoms with Gasteiger partial charge in [-0.2, -0.15) is 15.0 Å². The second-order valence-electron chi connectivity index (χ2n) is 3.69. The molecule has 1 aromatic rings. The molecule has 0 aliphatic rings. The Kier molecular flexibility index (Phi) is 6.13. The Hall–Kier alpha value is -1.77. The standard InChI is InChI=1S/C10H17F2N5O2/c1-2-5-19-10-15-8(13)14-9(16-10)17(3-4-18)6-7(11)12/h7,18H,2-6H2,1H3,(H2,13,14,15,16). The molecule has 0 saturated carbocycles. The third-order valence-corrected chi connectivity index (χ3v) is 2.07. The molecule has 0 radical (unpaired) electrons. The van der Waals surface area contributed by atoms with E-state index in [4.69, 9.17) is 15.6 Å². The van der Waals surface area contributed by atoms with Gasteiger partial charge in [0.15, 0.2) is 0 Å². The minimum absolute atomic E-state index is 0.0124. The van der Waals surface area contributed by atoms with Crippen LogP contribution in [0.25, 0.3) is 0 Å². The predicted octanol–water partition coefficient (Wildman–Crippen LogP) is 0.306. The van der Waals surface area contributed by atoms with Gasteiger partial charge in [0, 0.05) is 6.54 Å². The number of nitrogens with zero attached hydrogens (tertiary/aromatic N) is 4. The Morgan fingerprint density at radius 2 is 2.11 bits per heavy atom. The van der Waals surface area contributed by atoms with E-state index >= 15 is 0 Å². The highest BCUT2D eigenvalue weighted by Gasteiger charge is 2.17. The number of ether oxygens (including phenoxy) is 1. The lowest BCUT2D eigenvalue weighted by Gasteiger charge is -2.21. The van der Waals surface area contributed by atoms with Gasteiger partial charge in [0.1, 0.15) is 0 Å². The second kappa shape index (κ2) is 7.62. The van der Waals surface area contributed by atoms with Crippen molar-refractivity contribution in [3.8, 4) is 6.01 Å². The van der Waals surface area contributed by atoms with E-state index < -0.39 is 13.0 Å². The first-order valence-corrected chi connectivity index (χ1v) is 5.85. The first-order chi connectivity index (χ1) is 9.06. The van der Waals surface area contributed by atoms with Crippen LogP contribution < -0.4 is 15.4 Å². The predicted molar refractivity (Wildman–Crippen MR) is 65.3 cm³/mol. The minimum Gasteiger partial charge on any atom is -0.463 e. The van der Waals surface area contributed by atoms with Gasteiger partial charge in [0.25, 0.3) is 6.43 Å². The normalized spacial score (nSPS) is 10.8. The summed E-state index contributed by atoms with van der Waals surface area (Å²) >= 11 is 0. The molecule has 0 aliphatic heterocycles. The van der Waals surface area contributed by atoms with E-state index in [1.807, 2.05) is 6.92 Å². The SMILES string of the molecule is CCCOc1nc(N)nc(N(CCO)CC(F)F)n1. The highest BCUT2D eigenvalue weighted by molar-refractivity contribution is 5.36. The molecule has 19 heavy (non-hydrogen) atoms. The molecule has 3 N–H and O–H groups in total. The molecule has 0 saturated heterocycles. The highest BCUT2D eigenvalue weighted by atomic mass is 19.3. The van der Waals surface area contributed by atoms with Gasteiger partial charge >= 0.3 is 6.01 Å². The summed E-state index contributed by atoms with van der Waals surface area (Å²) in [5.41, 5.74) is 5.48. The Balaban J connectivity index is 2.90. The Labute approximate surface area is 109 Å². The molecule has 0 aromatic carbocycles. The zero-order valence-corrected chi connectivity index (χ0v) is 10.6. The zero-order chi connectivity index (χ0) is 14.3. The number of halogens is 2. The van der Waals surface area contributed by atoms with E-state index in [2.05, 4.69) is 15.0 Å². The lowest BCUT2D eigenvalue weighted by Crippen LogP contribution is -2.33.